The average Bonchev–Trinajstić information content (AvgIpc) is 2.45. The van der Waals surface area contributed by atoms with E-state index in [0.29, 0.717) is 15.3 Å². The van der Waals surface area contributed by atoms with Crippen LogP contribution in [-0.2, 0) is 4.74 Å². The number of esters is 1. The van der Waals surface area contributed by atoms with E-state index in [1.807, 2.05) is 0 Å². The SMILES string of the molecule is COC(=O)c1cc(Br)cc(N=C(NC#N)SC)c1OC. The minimum Gasteiger partial charge on any atom is -0.494 e. The molecule has 1 N–H and O–H groups in total. The fourth-order valence-electron chi connectivity index (χ4n) is 1.42. The topological polar surface area (TPSA) is 83.7 Å². The lowest BCUT2D eigenvalue weighted by Gasteiger charge is -2.11. The van der Waals surface area contributed by atoms with Crippen LogP contribution in [0.4, 0.5) is 5.69 Å². The van der Waals surface area contributed by atoms with Crippen molar-refractivity contribution < 1.29 is 14.3 Å². The third-order valence-corrected chi connectivity index (χ3v) is 3.26. The van der Waals surface area contributed by atoms with Gasteiger partial charge in [-0.25, -0.2) is 9.79 Å². The van der Waals surface area contributed by atoms with Crippen molar-refractivity contribution in [3.63, 3.8) is 0 Å². The smallest absolute Gasteiger partial charge is 0.341 e. The van der Waals surface area contributed by atoms with Crippen molar-refractivity contribution >= 4 is 44.5 Å². The van der Waals surface area contributed by atoms with Gasteiger partial charge in [0.2, 0.25) is 0 Å². The maximum atomic E-state index is 11.7. The van der Waals surface area contributed by atoms with Gasteiger partial charge in [0, 0.05) is 4.47 Å². The molecule has 0 aromatic heterocycles. The Labute approximate surface area is 129 Å². The number of carbonyl (C=O) groups is 1. The Balaban J connectivity index is 3.43. The molecular formula is C12H12BrN3O3S. The summed E-state index contributed by atoms with van der Waals surface area (Å²) in [5.74, 6) is -0.245. The van der Waals surface area contributed by atoms with Crippen molar-refractivity contribution in [2.24, 2.45) is 4.99 Å². The minimum absolute atomic E-state index is 0.250. The van der Waals surface area contributed by atoms with Crippen molar-refractivity contribution in [1.29, 1.82) is 5.26 Å². The molecule has 6 nitrogen and oxygen atoms in total. The van der Waals surface area contributed by atoms with Crippen LogP contribution in [0.5, 0.6) is 5.75 Å². The Bertz CT molecular complexity index is 584. The number of halogens is 1. The first-order valence-electron chi connectivity index (χ1n) is 5.31. The number of benzene rings is 1. The van der Waals surface area contributed by atoms with Crippen LogP contribution in [0.2, 0.25) is 0 Å². The van der Waals surface area contributed by atoms with Gasteiger partial charge in [0.25, 0.3) is 0 Å². The van der Waals surface area contributed by atoms with Crippen molar-refractivity contribution in [3.8, 4) is 11.9 Å². The molecule has 20 heavy (non-hydrogen) atoms. The molecular weight excluding hydrogens is 346 g/mol. The minimum atomic E-state index is -0.529. The van der Waals surface area contributed by atoms with Gasteiger partial charge in [-0.1, -0.05) is 27.7 Å². The van der Waals surface area contributed by atoms with E-state index in [1.54, 1.807) is 24.6 Å². The molecule has 0 aliphatic carbocycles. The Kier molecular flexibility index (Phi) is 6.35. The summed E-state index contributed by atoms with van der Waals surface area (Å²) in [6.45, 7) is 0. The monoisotopic (exact) mass is 357 g/mol. The molecule has 1 aromatic rings. The average molecular weight is 358 g/mol. The van der Waals surface area contributed by atoms with Crippen LogP contribution in [0.1, 0.15) is 10.4 Å². The molecule has 0 amide bonds. The lowest BCUT2D eigenvalue weighted by atomic mass is 10.1. The van der Waals surface area contributed by atoms with Crippen molar-refractivity contribution in [1.82, 2.24) is 5.32 Å². The molecule has 0 aliphatic rings. The largest absolute Gasteiger partial charge is 0.494 e. The number of rotatable bonds is 3. The summed E-state index contributed by atoms with van der Waals surface area (Å²) in [6, 6.07) is 3.26. The van der Waals surface area contributed by atoms with Crippen molar-refractivity contribution in [3.05, 3.63) is 22.2 Å². The molecule has 0 fully saturated rings. The van der Waals surface area contributed by atoms with E-state index in [1.165, 1.54) is 26.0 Å². The van der Waals surface area contributed by atoms with Gasteiger partial charge in [0.05, 0.1) is 14.2 Å². The Hall–Kier alpha value is -1.72. The number of nitriles is 1. The van der Waals surface area contributed by atoms with Crippen molar-refractivity contribution in [2.75, 3.05) is 20.5 Å². The second kappa shape index (κ2) is 7.77. The van der Waals surface area contributed by atoms with E-state index in [-0.39, 0.29) is 11.3 Å². The molecule has 0 unspecified atom stereocenters. The van der Waals surface area contributed by atoms with Gasteiger partial charge in [-0.3, -0.25) is 5.32 Å². The van der Waals surface area contributed by atoms with E-state index in [2.05, 4.69) is 26.2 Å². The zero-order valence-corrected chi connectivity index (χ0v) is 13.5. The molecule has 1 aromatic carbocycles. The number of nitrogens with zero attached hydrogens (tertiary/aromatic N) is 2. The second-order valence-corrected chi connectivity index (χ2v) is 5.07. The first kappa shape index (κ1) is 16.3. The summed E-state index contributed by atoms with van der Waals surface area (Å²) in [5.41, 5.74) is 0.662. The number of hydrogen-bond acceptors (Lipinski definition) is 6. The summed E-state index contributed by atoms with van der Waals surface area (Å²) in [6.07, 6.45) is 3.57. The van der Waals surface area contributed by atoms with Crippen molar-refractivity contribution in [2.45, 2.75) is 0 Å². The van der Waals surface area contributed by atoms with Gasteiger partial charge < -0.3 is 9.47 Å². The lowest BCUT2D eigenvalue weighted by molar-refractivity contribution is 0.0597. The van der Waals surface area contributed by atoms with Crippen LogP contribution < -0.4 is 10.1 Å². The number of amidine groups is 1. The van der Waals surface area contributed by atoms with Gasteiger partial charge in [-0.2, -0.15) is 5.26 Å². The molecule has 0 saturated heterocycles. The number of thioether (sulfide) groups is 1. The Morgan fingerprint density at radius 2 is 2.20 bits per heavy atom. The van der Waals surface area contributed by atoms with Crippen LogP contribution in [0.15, 0.2) is 21.6 Å². The highest BCUT2D eigenvalue weighted by atomic mass is 79.9. The number of nitrogens with one attached hydrogen (secondary N) is 1. The third kappa shape index (κ3) is 3.88. The molecule has 0 heterocycles. The van der Waals surface area contributed by atoms with E-state index in [4.69, 9.17) is 14.7 Å². The number of hydrogen-bond donors (Lipinski definition) is 1. The highest BCUT2D eigenvalue weighted by molar-refractivity contribution is 9.10. The highest BCUT2D eigenvalue weighted by Crippen LogP contribution is 2.35. The molecule has 0 aliphatic heterocycles. The number of ether oxygens (including phenoxy) is 2. The Morgan fingerprint density at radius 3 is 2.70 bits per heavy atom. The molecule has 106 valence electrons. The van der Waals surface area contributed by atoms with Crippen LogP contribution in [0, 0.1) is 11.5 Å². The van der Waals surface area contributed by atoms with Crippen LogP contribution in [0.3, 0.4) is 0 Å². The molecule has 0 spiro atoms. The lowest BCUT2D eigenvalue weighted by Crippen LogP contribution is -2.12. The quantitative estimate of drug-likeness (QED) is 0.294. The zero-order chi connectivity index (χ0) is 15.1. The Morgan fingerprint density at radius 1 is 1.50 bits per heavy atom. The molecule has 0 atom stereocenters. The van der Waals surface area contributed by atoms with E-state index in [0.717, 1.165) is 0 Å². The van der Waals surface area contributed by atoms with Crippen LogP contribution >= 0.6 is 27.7 Å². The molecule has 0 bridgehead atoms. The number of aliphatic imine (C=N–C) groups is 1. The summed E-state index contributed by atoms with van der Waals surface area (Å²) in [5, 5.41) is 11.5. The summed E-state index contributed by atoms with van der Waals surface area (Å²) < 4.78 is 10.6. The molecule has 0 saturated carbocycles. The second-order valence-electron chi connectivity index (χ2n) is 3.36. The maximum Gasteiger partial charge on any atom is 0.341 e. The fraction of sp³-hybridized carbons (Fsp3) is 0.250. The van der Waals surface area contributed by atoms with E-state index in [9.17, 15) is 4.79 Å². The summed E-state index contributed by atoms with van der Waals surface area (Å²) in [4.78, 5) is 16.0. The standard InChI is InChI=1S/C12H12BrN3O3S/c1-18-10-8(11(17)19-2)4-7(13)5-9(10)16-12(20-3)15-6-14/h4-5H,1-3H3,(H,15,16). The predicted molar refractivity (Wildman–Crippen MR) is 81.4 cm³/mol. The maximum absolute atomic E-state index is 11.7. The van der Waals surface area contributed by atoms with Crippen LogP contribution in [-0.4, -0.2) is 31.6 Å². The molecule has 8 heteroatoms. The third-order valence-electron chi connectivity index (χ3n) is 2.22. The first-order valence-corrected chi connectivity index (χ1v) is 7.32. The van der Waals surface area contributed by atoms with E-state index >= 15 is 0 Å². The van der Waals surface area contributed by atoms with Gasteiger partial charge in [-0.15, -0.1) is 0 Å². The highest BCUT2D eigenvalue weighted by Gasteiger charge is 2.18. The first-order chi connectivity index (χ1) is 9.57. The van der Waals surface area contributed by atoms with Gasteiger partial charge >= 0.3 is 5.97 Å². The zero-order valence-electron chi connectivity index (χ0n) is 11.1. The fourth-order valence-corrected chi connectivity index (χ4v) is 2.20. The van der Waals surface area contributed by atoms with Crippen LogP contribution in [0.25, 0.3) is 0 Å². The summed E-state index contributed by atoms with van der Waals surface area (Å²) >= 11 is 4.56. The number of methoxy groups -OCH3 is 2. The van der Waals surface area contributed by atoms with Gasteiger partial charge in [-0.05, 0) is 18.4 Å². The number of carbonyl (C=O) groups excluding carboxylic acids is 1. The van der Waals surface area contributed by atoms with E-state index < -0.39 is 5.97 Å². The van der Waals surface area contributed by atoms with Gasteiger partial charge in [0.15, 0.2) is 17.1 Å². The van der Waals surface area contributed by atoms with Gasteiger partial charge in [0.1, 0.15) is 11.3 Å². The predicted octanol–water partition coefficient (Wildman–Crippen LogP) is 2.67. The molecule has 1 rings (SSSR count). The molecule has 0 radical (unpaired) electrons. The normalized spacial score (nSPS) is 10.7. The summed E-state index contributed by atoms with van der Waals surface area (Å²) in [7, 11) is 2.72.